The summed E-state index contributed by atoms with van der Waals surface area (Å²) in [6.07, 6.45) is 3.84. The summed E-state index contributed by atoms with van der Waals surface area (Å²) in [6.45, 7) is 10.5. The highest BCUT2D eigenvalue weighted by Crippen LogP contribution is 2.32. The predicted octanol–water partition coefficient (Wildman–Crippen LogP) is 2.97. The molecule has 2 fully saturated rings. The highest BCUT2D eigenvalue weighted by molar-refractivity contribution is 5.92. The molecule has 1 aromatic heterocycles. The summed E-state index contributed by atoms with van der Waals surface area (Å²) >= 11 is 0. The zero-order valence-corrected chi connectivity index (χ0v) is 14.7. The Balaban J connectivity index is 1.73. The summed E-state index contributed by atoms with van der Waals surface area (Å²) in [4.78, 5) is 21.9. The van der Waals surface area contributed by atoms with Crippen LogP contribution in [0.4, 0.5) is 0 Å². The molecule has 0 bridgehead atoms. The van der Waals surface area contributed by atoms with Crippen LogP contribution in [0.25, 0.3) is 0 Å². The third-order valence-electron chi connectivity index (χ3n) is 5.10. The quantitative estimate of drug-likeness (QED) is 0.857. The zero-order chi connectivity index (χ0) is 16.4. The molecule has 4 nitrogen and oxygen atoms in total. The van der Waals surface area contributed by atoms with Crippen LogP contribution in [-0.4, -0.2) is 52.9 Å². The van der Waals surface area contributed by atoms with Crippen molar-refractivity contribution in [2.75, 3.05) is 26.2 Å². The lowest BCUT2D eigenvalue weighted by Gasteiger charge is -2.34. The van der Waals surface area contributed by atoms with Gasteiger partial charge in [0.25, 0.3) is 5.91 Å². The minimum Gasteiger partial charge on any atom is -0.336 e. The molecule has 1 aliphatic carbocycles. The predicted molar refractivity (Wildman–Crippen MR) is 92.4 cm³/mol. The lowest BCUT2D eigenvalue weighted by molar-refractivity contribution is 0.0698. The van der Waals surface area contributed by atoms with Gasteiger partial charge in [0, 0.05) is 37.9 Å². The van der Waals surface area contributed by atoms with E-state index < -0.39 is 0 Å². The Kier molecular flexibility index (Phi) is 5.00. The molecular formula is C19H29N3O. The Morgan fingerprint density at radius 1 is 1.30 bits per heavy atom. The normalized spacial score (nSPS) is 23.1. The summed E-state index contributed by atoms with van der Waals surface area (Å²) in [5, 5.41) is 0. The molecule has 2 aliphatic rings. The molecule has 1 saturated heterocycles. The van der Waals surface area contributed by atoms with E-state index in [1.54, 1.807) is 0 Å². The molecule has 0 N–H and O–H groups in total. The van der Waals surface area contributed by atoms with Crippen molar-refractivity contribution in [2.24, 2.45) is 11.8 Å². The number of nitrogens with zero attached hydrogens (tertiary/aromatic N) is 3. The fraction of sp³-hybridized carbons (Fsp3) is 0.684. The molecule has 23 heavy (non-hydrogen) atoms. The second-order valence-electron chi connectivity index (χ2n) is 7.52. The number of carbonyl (C=O) groups is 1. The van der Waals surface area contributed by atoms with Crippen LogP contribution >= 0.6 is 0 Å². The Morgan fingerprint density at radius 2 is 2.09 bits per heavy atom. The molecule has 0 spiro atoms. The van der Waals surface area contributed by atoms with Gasteiger partial charge in [-0.15, -0.1) is 0 Å². The lowest BCUT2D eigenvalue weighted by atomic mass is 10.0. The van der Waals surface area contributed by atoms with E-state index in [-0.39, 0.29) is 5.91 Å². The topological polar surface area (TPSA) is 36.4 Å². The van der Waals surface area contributed by atoms with E-state index in [4.69, 9.17) is 0 Å². The maximum absolute atomic E-state index is 12.9. The van der Waals surface area contributed by atoms with Crippen LogP contribution in [0.2, 0.25) is 0 Å². The second kappa shape index (κ2) is 7.00. The molecule has 1 aliphatic heterocycles. The van der Waals surface area contributed by atoms with E-state index in [1.807, 2.05) is 30.0 Å². The summed E-state index contributed by atoms with van der Waals surface area (Å²) in [5.74, 6) is 1.55. The summed E-state index contributed by atoms with van der Waals surface area (Å²) < 4.78 is 0. The molecule has 1 saturated carbocycles. The third kappa shape index (κ3) is 4.11. The molecule has 2 heterocycles. The second-order valence-corrected chi connectivity index (χ2v) is 7.52. The molecular weight excluding hydrogens is 286 g/mol. The largest absolute Gasteiger partial charge is 0.336 e. The van der Waals surface area contributed by atoms with Crippen molar-refractivity contribution >= 4 is 5.91 Å². The number of aromatic nitrogens is 1. The summed E-state index contributed by atoms with van der Waals surface area (Å²) in [6, 6.07) is 6.17. The summed E-state index contributed by atoms with van der Waals surface area (Å²) in [7, 11) is 0. The van der Waals surface area contributed by atoms with Crippen LogP contribution in [0.5, 0.6) is 0 Å². The van der Waals surface area contributed by atoms with Gasteiger partial charge in [0.1, 0.15) is 5.69 Å². The number of pyridine rings is 1. The molecule has 4 heteroatoms. The average molecular weight is 315 g/mol. The minimum atomic E-state index is 0.0904. The van der Waals surface area contributed by atoms with Gasteiger partial charge in [-0.2, -0.15) is 0 Å². The number of aryl methyl sites for hydroxylation is 1. The van der Waals surface area contributed by atoms with E-state index in [9.17, 15) is 4.79 Å². The Morgan fingerprint density at radius 3 is 2.74 bits per heavy atom. The molecule has 0 radical (unpaired) electrons. The summed E-state index contributed by atoms with van der Waals surface area (Å²) in [5.41, 5.74) is 1.49. The molecule has 0 aromatic carbocycles. The van der Waals surface area contributed by atoms with E-state index in [0.29, 0.717) is 17.7 Å². The van der Waals surface area contributed by atoms with Crippen molar-refractivity contribution in [1.29, 1.82) is 0 Å². The number of rotatable bonds is 4. The minimum absolute atomic E-state index is 0.0904. The van der Waals surface area contributed by atoms with E-state index in [2.05, 4.69) is 23.7 Å². The molecule has 126 valence electrons. The molecule has 3 rings (SSSR count). The molecule has 0 unspecified atom stereocenters. The smallest absolute Gasteiger partial charge is 0.272 e. The van der Waals surface area contributed by atoms with Crippen LogP contribution < -0.4 is 0 Å². The Hall–Kier alpha value is -1.42. The fourth-order valence-electron chi connectivity index (χ4n) is 3.56. The van der Waals surface area contributed by atoms with Crippen LogP contribution in [0.15, 0.2) is 18.2 Å². The zero-order valence-electron chi connectivity index (χ0n) is 14.7. The third-order valence-corrected chi connectivity index (χ3v) is 5.10. The van der Waals surface area contributed by atoms with Gasteiger partial charge < -0.3 is 4.90 Å². The fourth-order valence-corrected chi connectivity index (χ4v) is 3.56. The van der Waals surface area contributed by atoms with Gasteiger partial charge in [-0.25, -0.2) is 4.98 Å². The highest BCUT2D eigenvalue weighted by atomic mass is 16.2. The average Bonchev–Trinajstić information content (AvgIpc) is 3.34. The highest BCUT2D eigenvalue weighted by Gasteiger charge is 2.33. The van der Waals surface area contributed by atoms with Gasteiger partial charge in [0.15, 0.2) is 0 Å². The van der Waals surface area contributed by atoms with Crippen molar-refractivity contribution in [2.45, 2.75) is 46.1 Å². The standard InChI is InChI=1S/C19H29N3O/c1-14(2)18-13-22(11-5-10-21(18)12-16-8-9-16)19(23)17-7-4-6-15(3)20-17/h4,6-7,14,16,18H,5,8-13H2,1-3H3/t18-/m0/s1. The van der Waals surface area contributed by atoms with Crippen LogP contribution in [-0.2, 0) is 0 Å². The monoisotopic (exact) mass is 315 g/mol. The van der Waals surface area contributed by atoms with Gasteiger partial charge in [0.2, 0.25) is 0 Å². The van der Waals surface area contributed by atoms with Crippen molar-refractivity contribution in [3.8, 4) is 0 Å². The molecule has 1 aromatic rings. The van der Waals surface area contributed by atoms with E-state index in [0.717, 1.165) is 37.7 Å². The SMILES string of the molecule is Cc1cccc(C(=O)N2CCCN(CC3CC3)[C@H](C(C)C)C2)n1. The van der Waals surface area contributed by atoms with Crippen LogP contribution in [0.3, 0.4) is 0 Å². The van der Waals surface area contributed by atoms with Gasteiger partial charge >= 0.3 is 0 Å². The number of hydrogen-bond donors (Lipinski definition) is 0. The molecule has 1 amide bonds. The first-order chi connectivity index (χ1) is 11.0. The Bertz CT molecular complexity index is 553. The van der Waals surface area contributed by atoms with Crippen molar-refractivity contribution in [3.05, 3.63) is 29.6 Å². The van der Waals surface area contributed by atoms with Gasteiger partial charge in [-0.05, 0) is 50.2 Å². The first kappa shape index (κ1) is 16.4. The molecule has 1 atom stereocenters. The van der Waals surface area contributed by atoms with Gasteiger partial charge in [0.05, 0.1) is 0 Å². The van der Waals surface area contributed by atoms with Gasteiger partial charge in [-0.1, -0.05) is 19.9 Å². The number of hydrogen-bond acceptors (Lipinski definition) is 3. The van der Waals surface area contributed by atoms with Gasteiger partial charge in [-0.3, -0.25) is 9.69 Å². The van der Waals surface area contributed by atoms with Crippen LogP contribution in [0.1, 0.15) is 49.3 Å². The van der Waals surface area contributed by atoms with Crippen molar-refractivity contribution in [1.82, 2.24) is 14.8 Å². The van der Waals surface area contributed by atoms with Crippen molar-refractivity contribution in [3.63, 3.8) is 0 Å². The number of carbonyl (C=O) groups excluding carboxylic acids is 1. The van der Waals surface area contributed by atoms with E-state index in [1.165, 1.54) is 19.4 Å². The maximum atomic E-state index is 12.9. The first-order valence-electron chi connectivity index (χ1n) is 9.01. The van der Waals surface area contributed by atoms with E-state index >= 15 is 0 Å². The maximum Gasteiger partial charge on any atom is 0.272 e. The lowest BCUT2D eigenvalue weighted by Crippen LogP contribution is -2.46. The van der Waals surface area contributed by atoms with Crippen LogP contribution in [0, 0.1) is 18.8 Å². The Labute approximate surface area is 139 Å². The first-order valence-corrected chi connectivity index (χ1v) is 9.01. The number of amides is 1. The van der Waals surface area contributed by atoms with Crippen molar-refractivity contribution < 1.29 is 4.79 Å².